The van der Waals surface area contributed by atoms with Crippen LogP contribution in [0.2, 0.25) is 0 Å². The smallest absolute Gasteiger partial charge is 0.397 e. The molecule has 0 saturated heterocycles. The number of hydrogen-bond donors (Lipinski definition) is 1. The molecule has 4 nitrogen and oxygen atoms in total. The van der Waals surface area contributed by atoms with Crippen molar-refractivity contribution in [1.29, 1.82) is 0 Å². The third-order valence-electron chi connectivity index (χ3n) is 2.39. The number of rotatable bonds is 2. The lowest BCUT2D eigenvalue weighted by Gasteiger charge is -2.10. The van der Waals surface area contributed by atoms with E-state index in [-0.39, 0.29) is 5.69 Å². The molecule has 2 heterocycles. The topological polar surface area (TPSA) is 68.9 Å². The quantitative estimate of drug-likeness (QED) is 0.848. The van der Waals surface area contributed by atoms with E-state index >= 15 is 0 Å². The summed E-state index contributed by atoms with van der Waals surface area (Å²) in [6.45, 7) is 0. The van der Waals surface area contributed by atoms with Gasteiger partial charge >= 0.3 is 6.18 Å². The molecule has 0 atom stereocenters. The first-order valence-electron chi connectivity index (χ1n) is 5.17. The number of pyridine rings is 2. The second kappa shape index (κ2) is 4.68. The van der Waals surface area contributed by atoms with Crippen LogP contribution in [0.25, 0.3) is 0 Å². The first-order valence-corrected chi connectivity index (χ1v) is 5.17. The number of aromatic nitrogens is 2. The van der Waals surface area contributed by atoms with Crippen molar-refractivity contribution < 1.29 is 18.0 Å². The third kappa shape index (κ3) is 2.70. The lowest BCUT2D eigenvalue weighted by molar-refractivity contribution is -0.137. The van der Waals surface area contributed by atoms with E-state index in [0.717, 1.165) is 18.5 Å². The molecule has 19 heavy (non-hydrogen) atoms. The Morgan fingerprint density at radius 2 is 1.89 bits per heavy atom. The van der Waals surface area contributed by atoms with Crippen LogP contribution >= 0.6 is 0 Å². The van der Waals surface area contributed by atoms with Gasteiger partial charge in [-0.05, 0) is 18.2 Å². The molecule has 7 heteroatoms. The van der Waals surface area contributed by atoms with Gasteiger partial charge in [-0.25, -0.2) is 0 Å². The van der Waals surface area contributed by atoms with Gasteiger partial charge in [-0.3, -0.25) is 14.8 Å². The van der Waals surface area contributed by atoms with Gasteiger partial charge in [-0.15, -0.1) is 0 Å². The molecule has 0 saturated carbocycles. The van der Waals surface area contributed by atoms with Crippen molar-refractivity contribution in [3.63, 3.8) is 0 Å². The van der Waals surface area contributed by atoms with Gasteiger partial charge in [-0.2, -0.15) is 13.2 Å². The lowest BCUT2D eigenvalue weighted by Crippen LogP contribution is -2.15. The molecular formula is C12H8F3N3O. The molecule has 0 aliphatic heterocycles. The molecule has 0 spiro atoms. The summed E-state index contributed by atoms with van der Waals surface area (Å²) >= 11 is 0. The van der Waals surface area contributed by atoms with Crippen LogP contribution < -0.4 is 5.73 Å². The van der Waals surface area contributed by atoms with Gasteiger partial charge in [-0.1, -0.05) is 0 Å². The Morgan fingerprint density at radius 3 is 2.47 bits per heavy atom. The molecule has 2 aromatic rings. The van der Waals surface area contributed by atoms with E-state index in [1.54, 1.807) is 0 Å². The minimum absolute atomic E-state index is 0.118. The van der Waals surface area contributed by atoms with Gasteiger partial charge in [0.15, 0.2) is 0 Å². The van der Waals surface area contributed by atoms with E-state index in [1.807, 2.05) is 0 Å². The van der Waals surface area contributed by atoms with Crippen LogP contribution in [0.1, 0.15) is 21.6 Å². The number of anilines is 1. The van der Waals surface area contributed by atoms with Crippen molar-refractivity contribution in [1.82, 2.24) is 9.97 Å². The lowest BCUT2D eigenvalue weighted by atomic mass is 10.0. The number of alkyl halides is 3. The number of nitrogen functional groups attached to an aromatic ring is 1. The molecular weight excluding hydrogens is 259 g/mol. The van der Waals surface area contributed by atoms with Crippen molar-refractivity contribution in [2.45, 2.75) is 6.18 Å². The summed E-state index contributed by atoms with van der Waals surface area (Å²) in [5, 5.41) is 0. The Kier molecular flexibility index (Phi) is 3.20. The Bertz CT molecular complexity index is 608. The SMILES string of the molecule is Nc1ccc(C(=O)c2cnccc2C(F)(F)F)nc1. The third-order valence-corrected chi connectivity index (χ3v) is 2.39. The summed E-state index contributed by atoms with van der Waals surface area (Å²) in [6, 6.07) is 3.42. The van der Waals surface area contributed by atoms with E-state index in [4.69, 9.17) is 5.73 Å². The molecule has 0 aliphatic rings. The first kappa shape index (κ1) is 13.0. The van der Waals surface area contributed by atoms with Crippen LogP contribution in [0.15, 0.2) is 36.8 Å². The highest BCUT2D eigenvalue weighted by Crippen LogP contribution is 2.32. The summed E-state index contributed by atoms with van der Waals surface area (Å²) < 4.78 is 38.3. The van der Waals surface area contributed by atoms with Crippen molar-refractivity contribution in [3.05, 3.63) is 53.6 Å². The molecule has 0 fully saturated rings. The van der Waals surface area contributed by atoms with Gasteiger partial charge in [0.25, 0.3) is 0 Å². The molecule has 0 amide bonds. The molecule has 0 bridgehead atoms. The fraction of sp³-hybridized carbons (Fsp3) is 0.0833. The van der Waals surface area contributed by atoms with Crippen LogP contribution in [0.5, 0.6) is 0 Å². The fourth-order valence-electron chi connectivity index (χ4n) is 1.50. The zero-order valence-electron chi connectivity index (χ0n) is 9.48. The Balaban J connectivity index is 2.48. The van der Waals surface area contributed by atoms with E-state index in [2.05, 4.69) is 9.97 Å². The van der Waals surface area contributed by atoms with E-state index < -0.39 is 23.1 Å². The zero-order valence-corrected chi connectivity index (χ0v) is 9.48. The van der Waals surface area contributed by atoms with Crippen LogP contribution in [-0.2, 0) is 6.18 Å². The molecule has 0 unspecified atom stereocenters. The first-order chi connectivity index (χ1) is 8.89. The maximum Gasteiger partial charge on any atom is 0.417 e. The van der Waals surface area contributed by atoms with Crippen LogP contribution in [-0.4, -0.2) is 15.8 Å². The van der Waals surface area contributed by atoms with Crippen LogP contribution in [0.4, 0.5) is 18.9 Å². The maximum atomic E-state index is 12.8. The summed E-state index contributed by atoms with van der Waals surface area (Å²) in [7, 11) is 0. The van der Waals surface area contributed by atoms with Gasteiger partial charge in [0, 0.05) is 12.4 Å². The molecule has 2 aromatic heterocycles. The zero-order chi connectivity index (χ0) is 14.0. The molecule has 98 valence electrons. The van der Waals surface area contributed by atoms with E-state index in [0.29, 0.717) is 5.69 Å². The standard InChI is InChI=1S/C12H8F3N3O/c13-12(14,15)9-3-4-17-6-8(9)11(19)10-2-1-7(16)5-18-10/h1-6H,16H2. The number of ketones is 1. The van der Waals surface area contributed by atoms with E-state index in [1.165, 1.54) is 18.3 Å². The van der Waals surface area contributed by atoms with Gasteiger partial charge in [0.2, 0.25) is 5.78 Å². The minimum Gasteiger partial charge on any atom is -0.397 e. The number of carbonyl (C=O) groups excluding carboxylic acids is 1. The average Bonchev–Trinajstić information content (AvgIpc) is 2.38. The predicted molar refractivity (Wildman–Crippen MR) is 61.3 cm³/mol. The maximum absolute atomic E-state index is 12.8. The van der Waals surface area contributed by atoms with Crippen molar-refractivity contribution in [2.24, 2.45) is 0 Å². The van der Waals surface area contributed by atoms with Gasteiger partial charge in [0.1, 0.15) is 5.69 Å². The van der Waals surface area contributed by atoms with Crippen LogP contribution in [0, 0.1) is 0 Å². The molecule has 2 N–H and O–H groups in total. The molecule has 2 rings (SSSR count). The highest BCUT2D eigenvalue weighted by Gasteiger charge is 2.35. The highest BCUT2D eigenvalue weighted by atomic mass is 19.4. The van der Waals surface area contributed by atoms with Crippen molar-refractivity contribution in [2.75, 3.05) is 5.73 Å². The predicted octanol–water partition coefficient (Wildman–Crippen LogP) is 2.31. The Morgan fingerprint density at radius 1 is 1.16 bits per heavy atom. The summed E-state index contributed by atoms with van der Waals surface area (Å²) in [6.07, 6.45) is -1.56. The average molecular weight is 267 g/mol. The Hall–Kier alpha value is -2.44. The van der Waals surface area contributed by atoms with E-state index in [9.17, 15) is 18.0 Å². The van der Waals surface area contributed by atoms with Crippen molar-refractivity contribution >= 4 is 11.5 Å². The second-order valence-corrected chi connectivity index (χ2v) is 3.72. The summed E-state index contributed by atoms with van der Waals surface area (Å²) in [5.74, 6) is -0.847. The highest BCUT2D eigenvalue weighted by molar-refractivity contribution is 6.08. The van der Waals surface area contributed by atoms with Gasteiger partial charge in [0.05, 0.1) is 23.0 Å². The second-order valence-electron chi connectivity index (χ2n) is 3.72. The molecule has 0 aliphatic carbocycles. The van der Waals surface area contributed by atoms with Gasteiger partial charge < -0.3 is 5.73 Å². The number of hydrogen-bond acceptors (Lipinski definition) is 4. The number of halogens is 3. The minimum atomic E-state index is -4.62. The molecule has 0 aromatic carbocycles. The number of nitrogens with two attached hydrogens (primary N) is 1. The number of carbonyl (C=O) groups is 1. The fourth-order valence-corrected chi connectivity index (χ4v) is 1.50. The summed E-state index contributed by atoms with van der Waals surface area (Å²) in [5.41, 5.74) is 4.03. The number of nitrogens with zero attached hydrogens (tertiary/aromatic N) is 2. The molecule has 0 radical (unpaired) electrons. The Labute approximate surface area is 106 Å². The summed E-state index contributed by atoms with van der Waals surface area (Å²) in [4.78, 5) is 19.2. The van der Waals surface area contributed by atoms with Crippen molar-refractivity contribution in [3.8, 4) is 0 Å². The largest absolute Gasteiger partial charge is 0.417 e. The monoisotopic (exact) mass is 267 g/mol. The normalized spacial score (nSPS) is 11.3. The van der Waals surface area contributed by atoms with Crippen LogP contribution in [0.3, 0.4) is 0 Å².